The number of hydrogen-bond donors (Lipinski definition) is 3. The van der Waals surface area contributed by atoms with Crippen LogP contribution in [0.4, 0.5) is 0 Å². The number of carbonyl (C=O) groups is 3. The zero-order valence-electron chi connectivity index (χ0n) is 9.21. The predicted molar refractivity (Wildman–Crippen MR) is 58.3 cm³/mol. The lowest BCUT2D eigenvalue weighted by atomic mass is 9.85. The number of hydrogen-bond acceptors (Lipinski definition) is 5. The van der Waals surface area contributed by atoms with Gasteiger partial charge in [-0.3, -0.25) is 4.79 Å². The van der Waals surface area contributed by atoms with Crippen molar-refractivity contribution in [2.24, 2.45) is 5.73 Å². The van der Waals surface area contributed by atoms with Crippen molar-refractivity contribution in [1.29, 1.82) is 0 Å². The number of aliphatic carboxylic acids is 2. The second kappa shape index (κ2) is 3.14. The third-order valence-corrected chi connectivity index (χ3v) is 4.82. The average Bonchev–Trinajstić information content (AvgIpc) is 2.46. The molecule has 1 amide bonds. The van der Waals surface area contributed by atoms with Crippen molar-refractivity contribution in [2.45, 2.75) is 35.5 Å². The highest BCUT2D eigenvalue weighted by Gasteiger charge is 2.73. The van der Waals surface area contributed by atoms with Crippen LogP contribution in [0.25, 0.3) is 0 Å². The Labute approximate surface area is 101 Å². The number of carbonyl (C=O) groups excluding carboxylic acids is 1. The van der Waals surface area contributed by atoms with Gasteiger partial charge < -0.3 is 20.8 Å². The van der Waals surface area contributed by atoms with Crippen molar-refractivity contribution in [3.05, 3.63) is 0 Å². The summed E-state index contributed by atoms with van der Waals surface area (Å²) < 4.78 is -0.761. The quantitative estimate of drug-likeness (QED) is 0.426. The third-order valence-electron chi connectivity index (χ3n) is 3.17. The Bertz CT molecular complexity index is 437. The average molecular weight is 260 g/mol. The number of amides is 1. The van der Waals surface area contributed by atoms with Gasteiger partial charge in [-0.05, 0) is 13.8 Å². The van der Waals surface area contributed by atoms with Gasteiger partial charge >= 0.3 is 11.9 Å². The second-order valence-corrected chi connectivity index (χ2v) is 6.44. The zero-order chi connectivity index (χ0) is 13.2. The number of thioether (sulfide) groups is 1. The van der Waals surface area contributed by atoms with Gasteiger partial charge in [0.1, 0.15) is 11.4 Å². The fourth-order valence-corrected chi connectivity index (χ4v) is 3.92. The van der Waals surface area contributed by atoms with Gasteiger partial charge in [0, 0.05) is 4.75 Å². The molecule has 0 aliphatic carbocycles. The van der Waals surface area contributed by atoms with E-state index < -0.39 is 39.5 Å². The van der Waals surface area contributed by atoms with Gasteiger partial charge in [0.15, 0.2) is 0 Å². The van der Waals surface area contributed by atoms with E-state index in [1.165, 1.54) is 0 Å². The number of nitrogens with zero attached hydrogens (tertiary/aromatic N) is 1. The van der Waals surface area contributed by atoms with Gasteiger partial charge in [0.2, 0.25) is 5.54 Å². The van der Waals surface area contributed by atoms with Crippen LogP contribution < -0.4 is 5.73 Å². The van der Waals surface area contributed by atoms with E-state index in [4.69, 9.17) is 15.9 Å². The van der Waals surface area contributed by atoms with E-state index in [9.17, 15) is 14.4 Å². The highest BCUT2D eigenvalue weighted by Crippen LogP contribution is 2.53. The summed E-state index contributed by atoms with van der Waals surface area (Å²) >= 11 is 1.11. The van der Waals surface area contributed by atoms with E-state index in [0.717, 1.165) is 16.7 Å². The Morgan fingerprint density at radius 2 is 1.94 bits per heavy atom. The van der Waals surface area contributed by atoms with Crippen LogP contribution in [0.2, 0.25) is 0 Å². The second-order valence-electron chi connectivity index (χ2n) is 4.70. The highest BCUT2D eigenvalue weighted by molar-refractivity contribution is 8.01. The third kappa shape index (κ3) is 1.25. The smallest absolute Gasteiger partial charge is 0.336 e. The number of rotatable bonds is 2. The summed E-state index contributed by atoms with van der Waals surface area (Å²) in [5.41, 5.74) is 3.56. The molecule has 2 aliphatic heterocycles. The highest BCUT2D eigenvalue weighted by atomic mass is 32.2. The molecule has 2 saturated heterocycles. The molecule has 0 aromatic heterocycles. The maximum atomic E-state index is 11.8. The number of carboxylic acids is 2. The van der Waals surface area contributed by atoms with Crippen LogP contribution in [-0.2, 0) is 14.4 Å². The first-order valence-corrected chi connectivity index (χ1v) is 5.77. The standard InChI is InChI=1S/C9H12N2O5S/c1-8(2)3(4(12)13)11-5(14)9(10,7(15)16)6(11)17-8/h3,6H,10H2,1-2H3,(H,12,13)(H,15,16)/t3-,6+,9?/m0/s1. The van der Waals surface area contributed by atoms with Crippen molar-refractivity contribution < 1.29 is 24.6 Å². The van der Waals surface area contributed by atoms with Crippen molar-refractivity contribution in [1.82, 2.24) is 4.90 Å². The largest absolute Gasteiger partial charge is 0.480 e. The van der Waals surface area contributed by atoms with Crippen LogP contribution in [-0.4, -0.2) is 54.7 Å². The molecule has 8 heteroatoms. The van der Waals surface area contributed by atoms with E-state index >= 15 is 0 Å². The Kier molecular flexibility index (Phi) is 2.25. The van der Waals surface area contributed by atoms with Crippen molar-refractivity contribution in [2.75, 3.05) is 0 Å². The van der Waals surface area contributed by atoms with Crippen molar-refractivity contribution in [3.8, 4) is 0 Å². The summed E-state index contributed by atoms with van der Waals surface area (Å²) in [6.07, 6.45) is 0. The SMILES string of the molecule is CC1(C)S[C@H]2N(C(=O)C2(N)C(=O)O)[C@H]1C(=O)O. The van der Waals surface area contributed by atoms with E-state index in [2.05, 4.69) is 0 Å². The number of carboxylic acid groups (broad SMARTS) is 2. The monoisotopic (exact) mass is 260 g/mol. The first kappa shape index (κ1) is 12.2. The molecule has 17 heavy (non-hydrogen) atoms. The summed E-state index contributed by atoms with van der Waals surface area (Å²) in [5, 5.41) is 17.3. The topological polar surface area (TPSA) is 121 Å². The molecular weight excluding hydrogens is 248 g/mol. The fourth-order valence-electron chi connectivity index (χ4n) is 2.28. The van der Waals surface area contributed by atoms with Gasteiger partial charge in [0.25, 0.3) is 5.91 Å². The minimum atomic E-state index is -1.99. The van der Waals surface area contributed by atoms with Crippen LogP contribution in [0.3, 0.4) is 0 Å². The van der Waals surface area contributed by atoms with Crippen LogP contribution >= 0.6 is 11.8 Å². The fraction of sp³-hybridized carbons (Fsp3) is 0.667. The molecular formula is C9H12N2O5S. The van der Waals surface area contributed by atoms with E-state index in [1.807, 2.05) is 0 Å². The molecule has 0 aromatic rings. The lowest BCUT2D eigenvalue weighted by molar-refractivity contribution is -0.174. The molecule has 0 bridgehead atoms. The number of fused-ring (bicyclic) bond motifs is 1. The van der Waals surface area contributed by atoms with Crippen LogP contribution in [0.1, 0.15) is 13.8 Å². The first-order valence-electron chi connectivity index (χ1n) is 4.89. The van der Waals surface area contributed by atoms with Gasteiger partial charge in [-0.1, -0.05) is 0 Å². The van der Waals surface area contributed by atoms with Gasteiger partial charge in [0.05, 0.1) is 0 Å². The summed E-state index contributed by atoms with van der Waals surface area (Å²) in [6.45, 7) is 3.31. The van der Waals surface area contributed by atoms with Crippen LogP contribution in [0.5, 0.6) is 0 Å². The summed E-state index contributed by atoms with van der Waals surface area (Å²) in [7, 11) is 0. The normalized spacial score (nSPS) is 38.5. The molecule has 4 N–H and O–H groups in total. The molecule has 2 rings (SSSR count). The van der Waals surface area contributed by atoms with Crippen molar-refractivity contribution in [3.63, 3.8) is 0 Å². The molecule has 1 unspecified atom stereocenters. The Hall–Kier alpha value is -1.28. The van der Waals surface area contributed by atoms with E-state index in [-0.39, 0.29) is 0 Å². The van der Waals surface area contributed by atoms with E-state index in [1.54, 1.807) is 13.8 Å². The van der Waals surface area contributed by atoms with Crippen molar-refractivity contribution >= 4 is 29.6 Å². The molecule has 0 radical (unpaired) electrons. The molecule has 2 heterocycles. The minimum absolute atomic E-state index is 0.761. The van der Waals surface area contributed by atoms with Crippen LogP contribution in [0.15, 0.2) is 0 Å². The predicted octanol–water partition coefficient (Wildman–Crippen LogP) is -1.08. The Morgan fingerprint density at radius 3 is 2.35 bits per heavy atom. The van der Waals surface area contributed by atoms with E-state index in [0.29, 0.717) is 0 Å². The van der Waals surface area contributed by atoms with Gasteiger partial charge in [-0.25, -0.2) is 9.59 Å². The molecule has 0 aromatic carbocycles. The van der Waals surface area contributed by atoms with Crippen LogP contribution in [0, 0.1) is 0 Å². The van der Waals surface area contributed by atoms with Gasteiger partial charge in [-0.2, -0.15) is 0 Å². The lowest BCUT2D eigenvalue weighted by Crippen LogP contribution is -2.80. The number of β-lactam (4-membered cyclic amide) rings is 1. The molecule has 2 aliphatic rings. The van der Waals surface area contributed by atoms with Gasteiger partial charge in [-0.15, -0.1) is 11.8 Å². The maximum absolute atomic E-state index is 11.8. The molecule has 2 fully saturated rings. The molecule has 94 valence electrons. The molecule has 7 nitrogen and oxygen atoms in total. The first-order chi connectivity index (χ1) is 7.64. The Morgan fingerprint density at radius 1 is 1.41 bits per heavy atom. The Balaban J connectivity index is 2.41. The summed E-state index contributed by atoms with van der Waals surface area (Å²) in [5.74, 6) is -3.40. The molecule has 0 saturated carbocycles. The maximum Gasteiger partial charge on any atom is 0.336 e. The lowest BCUT2D eigenvalue weighted by Gasteiger charge is -2.47. The molecule has 3 atom stereocenters. The minimum Gasteiger partial charge on any atom is -0.480 e. The number of nitrogens with two attached hydrogens (primary N) is 1. The summed E-state index contributed by atoms with van der Waals surface area (Å²) in [4.78, 5) is 35.0. The summed E-state index contributed by atoms with van der Waals surface area (Å²) in [6, 6.07) is -1.04. The molecule has 0 spiro atoms. The zero-order valence-corrected chi connectivity index (χ0v) is 10.0.